The monoisotopic (exact) mass is 363 g/mol. The Bertz CT molecular complexity index is 992. The van der Waals surface area contributed by atoms with Crippen molar-refractivity contribution in [2.75, 3.05) is 17.3 Å². The Morgan fingerprint density at radius 1 is 1.19 bits per heavy atom. The molecule has 0 aliphatic carbocycles. The molecule has 1 N–H and O–H groups in total. The summed E-state index contributed by atoms with van der Waals surface area (Å²) in [5.41, 5.74) is 1.68. The fourth-order valence-electron chi connectivity index (χ4n) is 2.50. The standard InChI is InChI=1S/C19H17N5O3/c1-13(25)14-5-3-6-15(11-14)21-19-17(24(26)27)8-9-18(22-19)23(2)16-7-4-10-20-12-16/h3-12H,1-2H3,(H,21,22). The van der Waals surface area contributed by atoms with E-state index in [9.17, 15) is 14.9 Å². The molecule has 0 spiro atoms. The van der Waals surface area contributed by atoms with Gasteiger partial charge in [0.25, 0.3) is 0 Å². The highest BCUT2D eigenvalue weighted by Gasteiger charge is 2.18. The molecular formula is C19H17N5O3. The van der Waals surface area contributed by atoms with Crippen molar-refractivity contribution in [1.82, 2.24) is 9.97 Å². The number of carbonyl (C=O) groups is 1. The molecule has 2 heterocycles. The highest BCUT2D eigenvalue weighted by molar-refractivity contribution is 5.95. The van der Waals surface area contributed by atoms with E-state index in [0.29, 0.717) is 17.1 Å². The molecule has 2 aromatic heterocycles. The molecule has 3 aromatic rings. The second-order valence-corrected chi connectivity index (χ2v) is 5.83. The van der Waals surface area contributed by atoms with Crippen LogP contribution in [0.5, 0.6) is 0 Å². The maximum atomic E-state index is 11.6. The van der Waals surface area contributed by atoms with Crippen LogP contribution in [0.3, 0.4) is 0 Å². The van der Waals surface area contributed by atoms with Crippen LogP contribution in [-0.2, 0) is 0 Å². The minimum atomic E-state index is -0.502. The fraction of sp³-hybridized carbons (Fsp3) is 0.105. The van der Waals surface area contributed by atoms with E-state index in [-0.39, 0.29) is 17.3 Å². The van der Waals surface area contributed by atoms with Gasteiger partial charge in [-0.2, -0.15) is 0 Å². The molecule has 0 saturated carbocycles. The average Bonchev–Trinajstić information content (AvgIpc) is 2.68. The van der Waals surface area contributed by atoms with Gasteiger partial charge in [0.2, 0.25) is 5.82 Å². The highest BCUT2D eigenvalue weighted by atomic mass is 16.6. The molecule has 0 radical (unpaired) electrons. The second-order valence-electron chi connectivity index (χ2n) is 5.83. The normalized spacial score (nSPS) is 10.3. The van der Waals surface area contributed by atoms with Gasteiger partial charge in [-0.15, -0.1) is 0 Å². The van der Waals surface area contributed by atoms with Crippen LogP contribution >= 0.6 is 0 Å². The second kappa shape index (κ2) is 7.61. The van der Waals surface area contributed by atoms with Crippen LogP contribution in [0.4, 0.5) is 28.7 Å². The predicted molar refractivity (Wildman–Crippen MR) is 103 cm³/mol. The molecule has 0 saturated heterocycles. The van der Waals surface area contributed by atoms with Crippen LogP contribution in [0.2, 0.25) is 0 Å². The highest BCUT2D eigenvalue weighted by Crippen LogP contribution is 2.30. The van der Waals surface area contributed by atoms with Crippen molar-refractivity contribution >= 4 is 34.5 Å². The molecule has 3 rings (SSSR count). The molecular weight excluding hydrogens is 346 g/mol. The number of hydrogen-bond donors (Lipinski definition) is 1. The van der Waals surface area contributed by atoms with Crippen LogP contribution in [0.15, 0.2) is 60.9 Å². The Morgan fingerprint density at radius 3 is 2.67 bits per heavy atom. The summed E-state index contributed by atoms with van der Waals surface area (Å²) >= 11 is 0. The van der Waals surface area contributed by atoms with Gasteiger partial charge in [-0.3, -0.25) is 19.9 Å². The molecule has 1 aromatic carbocycles. The Labute approximate surface area is 155 Å². The van der Waals surface area contributed by atoms with Crippen molar-refractivity contribution in [3.05, 3.63) is 76.6 Å². The zero-order chi connectivity index (χ0) is 19.4. The molecule has 0 atom stereocenters. The van der Waals surface area contributed by atoms with Crippen LogP contribution < -0.4 is 10.2 Å². The summed E-state index contributed by atoms with van der Waals surface area (Å²) < 4.78 is 0. The molecule has 8 heteroatoms. The topological polar surface area (TPSA) is 101 Å². The third kappa shape index (κ3) is 4.06. The molecule has 0 unspecified atom stereocenters. The van der Waals surface area contributed by atoms with Gasteiger partial charge in [-0.05, 0) is 37.3 Å². The zero-order valence-electron chi connectivity index (χ0n) is 14.8. The largest absolute Gasteiger partial charge is 0.334 e. The first-order valence-electron chi connectivity index (χ1n) is 8.13. The van der Waals surface area contributed by atoms with Gasteiger partial charge in [0, 0.05) is 30.6 Å². The SMILES string of the molecule is CC(=O)c1cccc(Nc2nc(N(C)c3cccnc3)ccc2[N+](=O)[O-])c1. The maximum Gasteiger partial charge on any atom is 0.311 e. The fourth-order valence-corrected chi connectivity index (χ4v) is 2.50. The van der Waals surface area contributed by atoms with Crippen molar-refractivity contribution in [2.24, 2.45) is 0 Å². The first-order chi connectivity index (χ1) is 13.0. The molecule has 0 aliphatic rings. The summed E-state index contributed by atoms with van der Waals surface area (Å²) in [7, 11) is 1.80. The summed E-state index contributed by atoms with van der Waals surface area (Å²) in [5.74, 6) is 0.513. The molecule has 0 amide bonds. The van der Waals surface area contributed by atoms with E-state index < -0.39 is 4.92 Å². The van der Waals surface area contributed by atoms with E-state index >= 15 is 0 Å². The van der Waals surface area contributed by atoms with Crippen LogP contribution in [0.25, 0.3) is 0 Å². The third-order valence-electron chi connectivity index (χ3n) is 3.96. The lowest BCUT2D eigenvalue weighted by Gasteiger charge is -2.18. The van der Waals surface area contributed by atoms with Crippen LogP contribution in [0, 0.1) is 10.1 Å². The number of ketones is 1. The van der Waals surface area contributed by atoms with E-state index in [4.69, 9.17) is 0 Å². The van der Waals surface area contributed by atoms with Crippen LogP contribution in [0.1, 0.15) is 17.3 Å². The number of anilines is 4. The minimum Gasteiger partial charge on any atom is -0.334 e. The Kier molecular flexibility index (Phi) is 5.07. The van der Waals surface area contributed by atoms with E-state index in [1.165, 1.54) is 13.0 Å². The van der Waals surface area contributed by atoms with Crippen molar-refractivity contribution in [3.8, 4) is 0 Å². The van der Waals surface area contributed by atoms with Gasteiger partial charge in [0.05, 0.1) is 16.8 Å². The van der Waals surface area contributed by atoms with Crippen LogP contribution in [-0.4, -0.2) is 27.7 Å². The van der Waals surface area contributed by atoms with Crippen molar-refractivity contribution in [2.45, 2.75) is 6.92 Å². The van der Waals surface area contributed by atoms with Crippen molar-refractivity contribution in [3.63, 3.8) is 0 Å². The van der Waals surface area contributed by atoms with Gasteiger partial charge in [0.1, 0.15) is 5.82 Å². The lowest BCUT2D eigenvalue weighted by molar-refractivity contribution is -0.384. The number of nitrogens with zero attached hydrogens (tertiary/aromatic N) is 4. The molecule has 8 nitrogen and oxygen atoms in total. The molecule has 0 fully saturated rings. The van der Waals surface area contributed by atoms with Gasteiger partial charge < -0.3 is 10.2 Å². The molecule has 27 heavy (non-hydrogen) atoms. The quantitative estimate of drug-likeness (QED) is 0.400. The average molecular weight is 363 g/mol. The number of benzene rings is 1. The Morgan fingerprint density at radius 2 is 2.00 bits per heavy atom. The number of Topliss-reactive ketones (excluding diaryl/α,β-unsaturated/α-hetero) is 1. The van der Waals surface area contributed by atoms with E-state index in [2.05, 4.69) is 15.3 Å². The number of carbonyl (C=O) groups excluding carboxylic acids is 1. The van der Waals surface area contributed by atoms with E-state index in [1.807, 2.05) is 6.07 Å². The first kappa shape index (κ1) is 18.0. The summed E-state index contributed by atoms with van der Waals surface area (Å²) in [6, 6.07) is 13.4. The maximum absolute atomic E-state index is 11.6. The third-order valence-corrected chi connectivity index (χ3v) is 3.96. The van der Waals surface area contributed by atoms with Gasteiger partial charge in [-0.25, -0.2) is 4.98 Å². The smallest absolute Gasteiger partial charge is 0.311 e. The van der Waals surface area contributed by atoms with Gasteiger partial charge in [-0.1, -0.05) is 12.1 Å². The van der Waals surface area contributed by atoms with Crippen molar-refractivity contribution < 1.29 is 9.72 Å². The van der Waals surface area contributed by atoms with E-state index in [1.54, 1.807) is 60.7 Å². The number of nitro groups is 1. The first-order valence-corrected chi connectivity index (χ1v) is 8.13. The van der Waals surface area contributed by atoms with Gasteiger partial charge >= 0.3 is 5.69 Å². The number of rotatable bonds is 6. The Hall–Kier alpha value is -3.81. The number of aromatic nitrogens is 2. The molecule has 136 valence electrons. The molecule has 0 bridgehead atoms. The lowest BCUT2D eigenvalue weighted by atomic mass is 10.1. The Balaban J connectivity index is 1.99. The van der Waals surface area contributed by atoms with E-state index in [0.717, 1.165) is 5.69 Å². The summed E-state index contributed by atoms with van der Waals surface area (Å²) in [5, 5.41) is 14.3. The summed E-state index contributed by atoms with van der Waals surface area (Å²) in [6.07, 6.45) is 3.34. The lowest BCUT2D eigenvalue weighted by Crippen LogP contribution is -2.12. The number of hydrogen-bond acceptors (Lipinski definition) is 7. The number of pyridine rings is 2. The summed E-state index contributed by atoms with van der Waals surface area (Å²) in [6.45, 7) is 1.46. The van der Waals surface area contributed by atoms with Gasteiger partial charge in [0.15, 0.2) is 5.78 Å². The minimum absolute atomic E-state index is 0.0915. The molecule has 0 aliphatic heterocycles. The zero-order valence-corrected chi connectivity index (χ0v) is 14.8. The number of nitrogens with one attached hydrogen (secondary N) is 1. The summed E-state index contributed by atoms with van der Waals surface area (Å²) in [4.78, 5) is 32.7. The predicted octanol–water partition coefficient (Wildman–Crippen LogP) is 4.10. The van der Waals surface area contributed by atoms with Crippen molar-refractivity contribution in [1.29, 1.82) is 0 Å².